The minimum Gasteiger partial charge on any atom is -0.372 e. The Labute approximate surface area is 146 Å². The lowest BCUT2D eigenvalue weighted by Gasteiger charge is -2.35. The number of nitrogens with zero attached hydrogens (tertiary/aromatic N) is 1. The summed E-state index contributed by atoms with van der Waals surface area (Å²) >= 11 is 6.12. The average Bonchev–Trinajstić information content (AvgIpc) is 3.32. The largest absolute Gasteiger partial charge is 0.372 e. The summed E-state index contributed by atoms with van der Waals surface area (Å²) in [7, 11) is 0. The second kappa shape index (κ2) is 6.99. The first-order valence-corrected chi connectivity index (χ1v) is 8.62. The van der Waals surface area contributed by atoms with E-state index in [2.05, 4.69) is 10.6 Å². The monoisotopic (exact) mass is 351 g/mol. The summed E-state index contributed by atoms with van der Waals surface area (Å²) in [5.41, 5.74) is 0.933. The third-order valence-electron chi connectivity index (χ3n) is 4.08. The molecule has 7 heteroatoms. The van der Waals surface area contributed by atoms with Crippen molar-refractivity contribution in [2.75, 3.05) is 18.4 Å². The van der Waals surface area contributed by atoms with Gasteiger partial charge in [0.1, 0.15) is 0 Å². The summed E-state index contributed by atoms with van der Waals surface area (Å²) in [6.45, 7) is 4.97. The van der Waals surface area contributed by atoms with Gasteiger partial charge in [0.25, 0.3) is 5.91 Å². The van der Waals surface area contributed by atoms with E-state index in [0.717, 1.165) is 12.8 Å². The van der Waals surface area contributed by atoms with E-state index in [1.807, 2.05) is 13.8 Å². The topological polar surface area (TPSA) is 70.7 Å². The lowest BCUT2D eigenvalue weighted by Crippen LogP contribution is -2.49. The highest BCUT2D eigenvalue weighted by Crippen LogP contribution is 2.24. The smallest absolute Gasteiger partial charge is 0.322 e. The fourth-order valence-electron chi connectivity index (χ4n) is 2.81. The predicted molar refractivity (Wildman–Crippen MR) is 92.5 cm³/mol. The van der Waals surface area contributed by atoms with Gasteiger partial charge in [-0.15, -0.1) is 0 Å². The summed E-state index contributed by atoms with van der Waals surface area (Å²) in [5.74, 6) is -0.202. The zero-order chi connectivity index (χ0) is 17.3. The zero-order valence-electron chi connectivity index (χ0n) is 13.8. The van der Waals surface area contributed by atoms with E-state index >= 15 is 0 Å². The molecule has 0 bridgehead atoms. The van der Waals surface area contributed by atoms with Crippen LogP contribution in [-0.2, 0) is 4.74 Å². The molecule has 2 fully saturated rings. The van der Waals surface area contributed by atoms with Crippen LogP contribution >= 0.6 is 11.6 Å². The molecule has 0 spiro atoms. The number of benzene rings is 1. The number of anilines is 1. The molecule has 2 N–H and O–H groups in total. The molecule has 1 saturated carbocycles. The quantitative estimate of drug-likeness (QED) is 0.879. The van der Waals surface area contributed by atoms with Gasteiger partial charge in [0.2, 0.25) is 0 Å². The minimum absolute atomic E-state index is 0.00426. The number of urea groups is 1. The molecule has 6 nitrogen and oxygen atoms in total. The molecule has 1 aromatic carbocycles. The number of rotatable bonds is 3. The van der Waals surface area contributed by atoms with Gasteiger partial charge in [-0.1, -0.05) is 11.6 Å². The van der Waals surface area contributed by atoms with Gasteiger partial charge in [-0.2, -0.15) is 0 Å². The summed E-state index contributed by atoms with van der Waals surface area (Å²) in [5, 5.41) is 6.12. The zero-order valence-corrected chi connectivity index (χ0v) is 14.6. The van der Waals surface area contributed by atoms with E-state index in [4.69, 9.17) is 16.3 Å². The predicted octanol–water partition coefficient (Wildman–Crippen LogP) is 2.87. The highest BCUT2D eigenvalue weighted by molar-refractivity contribution is 6.34. The van der Waals surface area contributed by atoms with Crippen LogP contribution in [0.15, 0.2) is 18.2 Å². The Kier molecular flexibility index (Phi) is 4.96. The molecule has 2 aliphatic rings. The molecule has 0 radical (unpaired) electrons. The van der Waals surface area contributed by atoms with Crippen molar-refractivity contribution in [2.24, 2.45) is 0 Å². The summed E-state index contributed by atoms with van der Waals surface area (Å²) < 4.78 is 5.63. The van der Waals surface area contributed by atoms with Crippen LogP contribution in [-0.4, -0.2) is 48.2 Å². The van der Waals surface area contributed by atoms with Crippen molar-refractivity contribution in [3.8, 4) is 0 Å². The van der Waals surface area contributed by atoms with Crippen LogP contribution in [0.2, 0.25) is 5.02 Å². The molecule has 3 amide bonds. The van der Waals surface area contributed by atoms with Gasteiger partial charge in [-0.05, 0) is 44.9 Å². The number of carbonyl (C=O) groups excluding carboxylic acids is 2. The molecular weight excluding hydrogens is 330 g/mol. The number of hydrogen-bond acceptors (Lipinski definition) is 3. The first-order valence-electron chi connectivity index (χ1n) is 8.24. The molecule has 1 aromatic rings. The van der Waals surface area contributed by atoms with Crippen LogP contribution in [0.5, 0.6) is 0 Å². The summed E-state index contributed by atoms with van der Waals surface area (Å²) in [4.78, 5) is 26.4. The highest BCUT2D eigenvalue weighted by atomic mass is 35.5. The van der Waals surface area contributed by atoms with E-state index in [1.165, 1.54) is 0 Å². The van der Waals surface area contributed by atoms with E-state index in [0.29, 0.717) is 29.4 Å². The van der Waals surface area contributed by atoms with Gasteiger partial charge in [0.15, 0.2) is 0 Å². The molecule has 1 heterocycles. The van der Waals surface area contributed by atoms with Crippen LogP contribution < -0.4 is 10.6 Å². The number of nitrogens with one attached hydrogen (secondary N) is 2. The van der Waals surface area contributed by atoms with Crippen molar-refractivity contribution in [3.05, 3.63) is 28.8 Å². The molecule has 1 aliphatic heterocycles. The van der Waals surface area contributed by atoms with Gasteiger partial charge in [0, 0.05) is 24.8 Å². The van der Waals surface area contributed by atoms with Gasteiger partial charge >= 0.3 is 6.03 Å². The molecule has 24 heavy (non-hydrogen) atoms. The number of carbonyl (C=O) groups is 2. The molecule has 3 rings (SSSR count). The van der Waals surface area contributed by atoms with Crippen LogP contribution in [0, 0.1) is 0 Å². The van der Waals surface area contributed by atoms with Crippen molar-refractivity contribution >= 4 is 29.2 Å². The Bertz CT molecular complexity index is 638. The van der Waals surface area contributed by atoms with E-state index in [1.54, 1.807) is 23.1 Å². The van der Waals surface area contributed by atoms with E-state index in [-0.39, 0.29) is 30.2 Å². The maximum absolute atomic E-state index is 12.4. The average molecular weight is 352 g/mol. The van der Waals surface area contributed by atoms with Crippen molar-refractivity contribution in [1.29, 1.82) is 0 Å². The summed E-state index contributed by atoms with van der Waals surface area (Å²) in [6.07, 6.45) is 2.02. The van der Waals surface area contributed by atoms with Crippen molar-refractivity contribution in [2.45, 2.75) is 44.9 Å². The van der Waals surface area contributed by atoms with Gasteiger partial charge in [-0.25, -0.2) is 4.79 Å². The van der Waals surface area contributed by atoms with Gasteiger partial charge in [0.05, 0.1) is 22.8 Å². The molecule has 1 aliphatic carbocycles. The first-order chi connectivity index (χ1) is 11.4. The number of ether oxygens (including phenoxy) is 1. The van der Waals surface area contributed by atoms with Crippen molar-refractivity contribution < 1.29 is 14.3 Å². The third-order valence-corrected chi connectivity index (χ3v) is 4.41. The van der Waals surface area contributed by atoms with Gasteiger partial charge < -0.3 is 20.3 Å². The van der Waals surface area contributed by atoms with Crippen molar-refractivity contribution in [1.82, 2.24) is 10.2 Å². The Hall–Kier alpha value is -1.79. The Morgan fingerprint density at radius 2 is 1.88 bits per heavy atom. The van der Waals surface area contributed by atoms with Crippen LogP contribution in [0.1, 0.15) is 37.0 Å². The molecule has 1 saturated heterocycles. The molecule has 130 valence electrons. The number of morpholine rings is 1. The minimum atomic E-state index is -0.202. The molecule has 2 unspecified atom stereocenters. The SMILES string of the molecule is CC1CN(C(=O)Nc2ccc(Cl)c(C(=O)NC3CC3)c2)CC(C)O1. The highest BCUT2D eigenvalue weighted by Gasteiger charge is 2.27. The van der Waals surface area contributed by atoms with Crippen LogP contribution in [0.3, 0.4) is 0 Å². The molecule has 0 aromatic heterocycles. The third kappa shape index (κ3) is 4.19. The molecule has 2 atom stereocenters. The summed E-state index contributed by atoms with van der Waals surface area (Å²) in [6, 6.07) is 4.99. The van der Waals surface area contributed by atoms with Crippen LogP contribution in [0.4, 0.5) is 10.5 Å². The standard InChI is InChI=1S/C17H22ClN3O3/c1-10-8-21(9-11(2)24-10)17(23)20-13-5-6-15(18)14(7-13)16(22)19-12-3-4-12/h5-7,10-12H,3-4,8-9H2,1-2H3,(H,19,22)(H,20,23). The van der Waals surface area contributed by atoms with E-state index in [9.17, 15) is 9.59 Å². The molecular formula is C17H22ClN3O3. The number of amides is 3. The fourth-order valence-corrected chi connectivity index (χ4v) is 3.02. The lowest BCUT2D eigenvalue weighted by molar-refractivity contribution is -0.0530. The fraction of sp³-hybridized carbons (Fsp3) is 0.529. The second-order valence-electron chi connectivity index (χ2n) is 6.53. The maximum atomic E-state index is 12.4. The number of hydrogen-bond donors (Lipinski definition) is 2. The van der Waals surface area contributed by atoms with Crippen LogP contribution in [0.25, 0.3) is 0 Å². The Morgan fingerprint density at radius 1 is 1.21 bits per heavy atom. The number of halogens is 1. The Balaban J connectivity index is 1.68. The van der Waals surface area contributed by atoms with Gasteiger partial charge in [-0.3, -0.25) is 4.79 Å². The van der Waals surface area contributed by atoms with Crippen molar-refractivity contribution in [3.63, 3.8) is 0 Å². The Morgan fingerprint density at radius 3 is 2.50 bits per heavy atom. The normalized spacial score (nSPS) is 23.7. The van der Waals surface area contributed by atoms with E-state index < -0.39 is 0 Å². The lowest BCUT2D eigenvalue weighted by atomic mass is 10.2. The first kappa shape index (κ1) is 17.0. The maximum Gasteiger partial charge on any atom is 0.322 e. The second-order valence-corrected chi connectivity index (χ2v) is 6.94.